The van der Waals surface area contributed by atoms with Crippen LogP contribution in [0.15, 0.2) is 28.0 Å². The molecule has 0 spiro atoms. The molecule has 76 valence electrons. The van der Waals surface area contributed by atoms with Crippen molar-refractivity contribution in [2.75, 3.05) is 17.6 Å². The van der Waals surface area contributed by atoms with Crippen LogP contribution >= 0.6 is 22.4 Å². The van der Waals surface area contributed by atoms with Crippen molar-refractivity contribution >= 4 is 37.2 Å². The van der Waals surface area contributed by atoms with Crippen LogP contribution in [0.1, 0.15) is 0 Å². The fourth-order valence-electron chi connectivity index (χ4n) is 1.27. The van der Waals surface area contributed by atoms with Crippen molar-refractivity contribution in [3.63, 3.8) is 0 Å². The predicted molar refractivity (Wildman–Crippen MR) is 58.7 cm³/mol. The lowest BCUT2D eigenvalue weighted by Crippen LogP contribution is -2.10. The smallest absolute Gasteiger partial charge is 0.261 e. The lowest BCUT2D eigenvalue weighted by atomic mass is 10.3. The van der Waals surface area contributed by atoms with Crippen LogP contribution in [-0.4, -0.2) is 20.7 Å². The molecule has 6 heteroatoms. The Bertz CT molecular complexity index is 458. The molecule has 0 saturated carbocycles. The average Bonchev–Trinajstić information content (AvgIpc) is 2.16. The molecule has 0 atom stereocenters. The first-order chi connectivity index (χ1) is 6.57. The fourth-order valence-corrected chi connectivity index (χ4v) is 3.05. The summed E-state index contributed by atoms with van der Waals surface area (Å²) in [5, 5.41) is 3.18. The second-order valence-corrected chi connectivity index (χ2v) is 6.57. The Morgan fingerprint density at radius 1 is 1.43 bits per heavy atom. The number of rotatable bonds is 1. The van der Waals surface area contributed by atoms with Gasteiger partial charge in [0.2, 0.25) is 0 Å². The maximum absolute atomic E-state index is 11.1. The van der Waals surface area contributed by atoms with Crippen LogP contribution in [0, 0.1) is 0 Å². The highest BCUT2D eigenvalue weighted by Gasteiger charge is 2.15. The second-order valence-electron chi connectivity index (χ2n) is 2.87. The van der Waals surface area contributed by atoms with E-state index in [9.17, 15) is 8.42 Å². The fraction of sp³-hybridized carbons (Fsp3) is 0.250. The van der Waals surface area contributed by atoms with Gasteiger partial charge in [0, 0.05) is 33.6 Å². The second kappa shape index (κ2) is 3.64. The van der Waals surface area contributed by atoms with Crippen molar-refractivity contribution in [1.82, 2.24) is 0 Å². The zero-order chi connectivity index (χ0) is 10.2. The van der Waals surface area contributed by atoms with E-state index in [0.29, 0.717) is 0 Å². The van der Waals surface area contributed by atoms with Crippen molar-refractivity contribution < 1.29 is 8.42 Å². The summed E-state index contributed by atoms with van der Waals surface area (Å²) >= 11 is 1.63. The van der Waals surface area contributed by atoms with Crippen LogP contribution in [0.25, 0.3) is 0 Å². The van der Waals surface area contributed by atoms with Gasteiger partial charge in [0.1, 0.15) is 0 Å². The summed E-state index contributed by atoms with van der Waals surface area (Å²) in [4.78, 5) is 1.10. The van der Waals surface area contributed by atoms with Gasteiger partial charge in [-0.15, -0.1) is 11.8 Å². The monoisotopic (exact) mass is 249 g/mol. The molecule has 14 heavy (non-hydrogen) atoms. The highest BCUT2D eigenvalue weighted by molar-refractivity contribution is 8.13. The minimum atomic E-state index is -3.61. The minimum Gasteiger partial charge on any atom is -0.383 e. The highest BCUT2D eigenvalue weighted by Crippen LogP contribution is 2.33. The van der Waals surface area contributed by atoms with E-state index in [2.05, 4.69) is 5.32 Å². The van der Waals surface area contributed by atoms with Crippen LogP contribution in [0.5, 0.6) is 0 Å². The number of fused-ring (bicyclic) bond motifs is 1. The first-order valence-electron chi connectivity index (χ1n) is 4.03. The number of hydrogen-bond donors (Lipinski definition) is 1. The summed E-state index contributed by atoms with van der Waals surface area (Å²) in [6.07, 6.45) is 0. The molecule has 0 bridgehead atoms. The summed E-state index contributed by atoms with van der Waals surface area (Å²) in [6.45, 7) is 0.907. The lowest BCUT2D eigenvalue weighted by Gasteiger charge is -2.17. The molecule has 0 aromatic heterocycles. The molecule has 1 heterocycles. The van der Waals surface area contributed by atoms with Gasteiger partial charge in [-0.1, -0.05) is 0 Å². The standard InChI is InChI=1S/C8H8ClNO2S2/c9-14(11,12)6-1-2-7-8(5-6)13-4-3-10-7/h1-2,5,10H,3-4H2. The van der Waals surface area contributed by atoms with Gasteiger partial charge in [0.15, 0.2) is 0 Å². The third-order valence-electron chi connectivity index (χ3n) is 1.91. The van der Waals surface area contributed by atoms with E-state index in [4.69, 9.17) is 10.7 Å². The third kappa shape index (κ3) is 1.99. The van der Waals surface area contributed by atoms with Gasteiger partial charge in [-0.3, -0.25) is 0 Å². The van der Waals surface area contributed by atoms with E-state index in [1.807, 2.05) is 0 Å². The minimum absolute atomic E-state index is 0.161. The van der Waals surface area contributed by atoms with Gasteiger partial charge in [0.25, 0.3) is 9.05 Å². The number of benzene rings is 1. The van der Waals surface area contributed by atoms with Gasteiger partial charge in [-0.05, 0) is 18.2 Å². The van der Waals surface area contributed by atoms with E-state index in [1.54, 1.807) is 23.9 Å². The van der Waals surface area contributed by atoms with E-state index in [1.165, 1.54) is 6.07 Å². The van der Waals surface area contributed by atoms with Crippen molar-refractivity contribution in [2.24, 2.45) is 0 Å². The van der Waals surface area contributed by atoms with E-state index in [-0.39, 0.29) is 4.90 Å². The van der Waals surface area contributed by atoms with Crippen LogP contribution in [-0.2, 0) is 9.05 Å². The van der Waals surface area contributed by atoms with Crippen molar-refractivity contribution in [1.29, 1.82) is 0 Å². The Morgan fingerprint density at radius 2 is 2.21 bits per heavy atom. The quantitative estimate of drug-likeness (QED) is 0.775. The van der Waals surface area contributed by atoms with Crippen molar-refractivity contribution in [2.45, 2.75) is 9.79 Å². The first-order valence-corrected chi connectivity index (χ1v) is 7.32. The molecule has 0 fully saturated rings. The maximum Gasteiger partial charge on any atom is 0.261 e. The molecule has 3 nitrogen and oxygen atoms in total. The van der Waals surface area contributed by atoms with Gasteiger partial charge in [-0.2, -0.15) is 0 Å². The first kappa shape index (κ1) is 10.1. The van der Waals surface area contributed by atoms with Gasteiger partial charge >= 0.3 is 0 Å². The highest BCUT2D eigenvalue weighted by atomic mass is 35.7. The van der Waals surface area contributed by atoms with Gasteiger partial charge in [0.05, 0.1) is 4.90 Å². The molecule has 1 aliphatic heterocycles. The van der Waals surface area contributed by atoms with E-state index >= 15 is 0 Å². The van der Waals surface area contributed by atoms with Crippen LogP contribution in [0.2, 0.25) is 0 Å². The molecule has 0 amide bonds. The van der Waals surface area contributed by atoms with Gasteiger partial charge in [-0.25, -0.2) is 8.42 Å². The zero-order valence-electron chi connectivity index (χ0n) is 7.16. The van der Waals surface area contributed by atoms with E-state index in [0.717, 1.165) is 22.9 Å². The van der Waals surface area contributed by atoms with Crippen LogP contribution < -0.4 is 5.32 Å². The SMILES string of the molecule is O=S(=O)(Cl)c1ccc2c(c1)SCCN2. The molecular formula is C8H8ClNO2S2. The Morgan fingerprint density at radius 3 is 2.93 bits per heavy atom. The molecule has 1 aromatic carbocycles. The normalized spacial score (nSPS) is 15.8. The van der Waals surface area contributed by atoms with Gasteiger partial charge < -0.3 is 5.32 Å². The molecule has 0 radical (unpaired) electrons. The Hall–Kier alpha value is -0.390. The maximum atomic E-state index is 11.1. The third-order valence-corrected chi connectivity index (χ3v) is 4.32. The predicted octanol–water partition coefficient (Wildman–Crippen LogP) is 2.13. The Kier molecular flexibility index (Phi) is 2.64. The van der Waals surface area contributed by atoms with E-state index < -0.39 is 9.05 Å². The van der Waals surface area contributed by atoms with Crippen molar-refractivity contribution in [3.8, 4) is 0 Å². The summed E-state index contributed by atoms with van der Waals surface area (Å²) in [7, 11) is 1.64. The molecule has 0 unspecified atom stereocenters. The van der Waals surface area contributed by atoms with Crippen molar-refractivity contribution in [3.05, 3.63) is 18.2 Å². The Labute approximate surface area is 91.3 Å². The summed E-state index contributed by atoms with van der Waals surface area (Å²) in [5.41, 5.74) is 0.977. The molecule has 2 rings (SSSR count). The largest absolute Gasteiger partial charge is 0.383 e. The molecule has 0 saturated heterocycles. The number of nitrogens with one attached hydrogen (secondary N) is 1. The molecule has 0 aliphatic carbocycles. The lowest BCUT2D eigenvalue weighted by molar-refractivity contribution is 0.609. The molecule has 1 N–H and O–H groups in total. The number of halogens is 1. The number of anilines is 1. The Balaban J connectivity index is 2.49. The van der Waals surface area contributed by atoms with Crippen LogP contribution in [0.4, 0.5) is 5.69 Å². The molecule has 1 aliphatic rings. The molecule has 1 aromatic rings. The number of thioether (sulfide) groups is 1. The van der Waals surface area contributed by atoms with Crippen LogP contribution in [0.3, 0.4) is 0 Å². The topological polar surface area (TPSA) is 46.2 Å². The summed E-state index contributed by atoms with van der Waals surface area (Å²) < 4.78 is 22.1. The molecular weight excluding hydrogens is 242 g/mol. The number of hydrogen-bond acceptors (Lipinski definition) is 4. The zero-order valence-corrected chi connectivity index (χ0v) is 9.55. The average molecular weight is 250 g/mol. The summed E-state index contributed by atoms with van der Waals surface area (Å²) in [6, 6.07) is 4.87. The summed E-state index contributed by atoms with van der Waals surface area (Å²) in [5.74, 6) is 0.943.